The lowest BCUT2D eigenvalue weighted by Gasteiger charge is -2.49. The van der Waals surface area contributed by atoms with Gasteiger partial charge in [0.25, 0.3) is 0 Å². The van der Waals surface area contributed by atoms with Gasteiger partial charge in [0.2, 0.25) is 0 Å². The van der Waals surface area contributed by atoms with E-state index in [0.29, 0.717) is 16.4 Å². The van der Waals surface area contributed by atoms with Crippen molar-refractivity contribution in [2.45, 2.75) is 100 Å². The molecule has 1 heterocycles. The Hall–Kier alpha value is -0.0400. The fourth-order valence-electron chi connectivity index (χ4n) is 4.92. The second-order valence-electron chi connectivity index (χ2n) is 11.0. The molecule has 0 atom stereocenters. The quantitative estimate of drug-likeness (QED) is 0.508. The van der Waals surface area contributed by atoms with Crippen molar-refractivity contribution < 1.29 is 0 Å². The normalized spacial score (nSPS) is 19.8. The van der Waals surface area contributed by atoms with Crippen molar-refractivity contribution in [1.82, 2.24) is 4.90 Å². The van der Waals surface area contributed by atoms with E-state index >= 15 is 0 Å². The summed E-state index contributed by atoms with van der Waals surface area (Å²) in [4.78, 5) is 2.78. The van der Waals surface area contributed by atoms with E-state index in [1.807, 2.05) is 0 Å². The number of hydrogen-bond acceptors (Lipinski definition) is 1. The lowest BCUT2D eigenvalue weighted by molar-refractivity contribution is 0.00406. The Balaban J connectivity index is 2.64. The third-order valence-corrected chi connectivity index (χ3v) is 6.84. The molecule has 0 N–H and O–H groups in total. The van der Waals surface area contributed by atoms with Gasteiger partial charge in [0.05, 0.1) is 0 Å². The van der Waals surface area contributed by atoms with E-state index in [9.17, 15) is 0 Å². The van der Waals surface area contributed by atoms with Gasteiger partial charge in [-0.05, 0) is 81.2 Å². The van der Waals surface area contributed by atoms with Gasteiger partial charge in [0.15, 0.2) is 0 Å². The first kappa shape index (κ1) is 21.0. The molecule has 1 rings (SSSR count). The van der Waals surface area contributed by atoms with Crippen molar-refractivity contribution in [3.63, 3.8) is 0 Å². The Labute approximate surface area is 147 Å². The van der Waals surface area contributed by atoms with E-state index in [-0.39, 0.29) is 0 Å². The number of rotatable bonds is 7. The average Bonchev–Trinajstić information content (AvgIpc) is 2.36. The highest BCUT2D eigenvalue weighted by Gasteiger charge is 2.39. The Bertz CT molecular complexity index is 354. The molecular formula is C22H45N. The SMILES string of the molecule is CC(C)CC(C)(C)C1CCN(C(C)(C)CC(C)(C)C(C)C)CC1. The smallest absolute Gasteiger partial charge is 0.0158 e. The summed E-state index contributed by atoms with van der Waals surface area (Å²) in [5.41, 5.74) is 1.24. The van der Waals surface area contributed by atoms with Crippen LogP contribution in [0.3, 0.4) is 0 Å². The Morgan fingerprint density at radius 2 is 1.35 bits per heavy atom. The fourth-order valence-corrected chi connectivity index (χ4v) is 4.92. The third kappa shape index (κ3) is 5.76. The van der Waals surface area contributed by atoms with Crippen molar-refractivity contribution in [1.29, 1.82) is 0 Å². The molecule has 0 aromatic rings. The van der Waals surface area contributed by atoms with E-state index in [2.05, 4.69) is 74.1 Å². The van der Waals surface area contributed by atoms with Gasteiger partial charge in [0, 0.05) is 5.54 Å². The van der Waals surface area contributed by atoms with Crippen LogP contribution in [0.2, 0.25) is 0 Å². The molecular weight excluding hydrogens is 278 g/mol. The maximum absolute atomic E-state index is 2.78. The van der Waals surface area contributed by atoms with E-state index in [1.165, 1.54) is 38.8 Å². The summed E-state index contributed by atoms with van der Waals surface area (Å²) < 4.78 is 0. The third-order valence-electron chi connectivity index (χ3n) is 6.84. The maximum atomic E-state index is 2.78. The van der Waals surface area contributed by atoms with Gasteiger partial charge in [-0.1, -0.05) is 55.4 Å². The minimum Gasteiger partial charge on any atom is -0.298 e. The highest BCUT2D eigenvalue weighted by Crippen LogP contribution is 2.43. The summed E-state index contributed by atoms with van der Waals surface area (Å²) >= 11 is 0. The van der Waals surface area contributed by atoms with Crippen LogP contribution in [-0.2, 0) is 0 Å². The molecule has 138 valence electrons. The fraction of sp³-hybridized carbons (Fsp3) is 1.00. The Kier molecular flexibility index (Phi) is 6.81. The number of likely N-dealkylation sites (tertiary alicyclic amines) is 1. The summed E-state index contributed by atoms with van der Waals surface area (Å²) in [5, 5.41) is 0. The van der Waals surface area contributed by atoms with Crippen molar-refractivity contribution in [2.75, 3.05) is 13.1 Å². The number of hydrogen-bond donors (Lipinski definition) is 0. The molecule has 1 saturated heterocycles. The molecule has 0 unspecified atom stereocenters. The van der Waals surface area contributed by atoms with E-state index < -0.39 is 0 Å². The maximum Gasteiger partial charge on any atom is 0.0158 e. The molecule has 1 heteroatoms. The zero-order chi connectivity index (χ0) is 18.1. The molecule has 0 aliphatic carbocycles. The number of piperidine rings is 1. The van der Waals surface area contributed by atoms with E-state index in [4.69, 9.17) is 0 Å². The molecule has 0 saturated carbocycles. The zero-order valence-corrected chi connectivity index (χ0v) is 17.9. The molecule has 1 aliphatic rings. The number of nitrogens with zero attached hydrogens (tertiary/aromatic N) is 1. The minimum atomic E-state index is 0.320. The van der Waals surface area contributed by atoms with Crippen LogP contribution in [0.25, 0.3) is 0 Å². The highest BCUT2D eigenvalue weighted by atomic mass is 15.2. The monoisotopic (exact) mass is 323 g/mol. The topological polar surface area (TPSA) is 3.24 Å². The summed E-state index contributed by atoms with van der Waals surface area (Å²) in [5.74, 6) is 2.45. The highest BCUT2D eigenvalue weighted by molar-refractivity contribution is 4.93. The first-order valence-electron chi connectivity index (χ1n) is 10.0. The van der Waals surface area contributed by atoms with Crippen LogP contribution in [0.5, 0.6) is 0 Å². The zero-order valence-electron chi connectivity index (χ0n) is 17.9. The first-order chi connectivity index (χ1) is 10.3. The van der Waals surface area contributed by atoms with Crippen LogP contribution < -0.4 is 0 Å². The first-order valence-corrected chi connectivity index (χ1v) is 10.0. The molecule has 1 nitrogen and oxygen atoms in total. The van der Waals surface area contributed by atoms with Gasteiger partial charge in [-0.15, -0.1) is 0 Å². The van der Waals surface area contributed by atoms with Gasteiger partial charge in [-0.25, -0.2) is 0 Å². The van der Waals surface area contributed by atoms with Gasteiger partial charge in [-0.3, -0.25) is 4.90 Å². The van der Waals surface area contributed by atoms with Gasteiger partial charge in [-0.2, -0.15) is 0 Å². The van der Waals surface area contributed by atoms with Crippen LogP contribution >= 0.6 is 0 Å². The van der Waals surface area contributed by atoms with Crippen LogP contribution in [0.15, 0.2) is 0 Å². The van der Waals surface area contributed by atoms with Crippen molar-refractivity contribution in [3.8, 4) is 0 Å². The molecule has 0 aromatic carbocycles. The van der Waals surface area contributed by atoms with Crippen molar-refractivity contribution >= 4 is 0 Å². The Morgan fingerprint density at radius 3 is 1.74 bits per heavy atom. The Morgan fingerprint density at radius 1 is 0.870 bits per heavy atom. The van der Waals surface area contributed by atoms with E-state index in [1.54, 1.807) is 0 Å². The van der Waals surface area contributed by atoms with Crippen molar-refractivity contribution in [2.24, 2.45) is 28.6 Å². The molecule has 0 amide bonds. The summed E-state index contributed by atoms with van der Waals surface area (Å²) in [6, 6.07) is 0. The lowest BCUT2D eigenvalue weighted by atomic mass is 9.68. The van der Waals surface area contributed by atoms with Crippen LogP contribution in [-0.4, -0.2) is 23.5 Å². The molecule has 1 aliphatic heterocycles. The predicted molar refractivity (Wildman–Crippen MR) is 105 cm³/mol. The summed E-state index contributed by atoms with van der Waals surface area (Å²) in [6.45, 7) is 26.9. The average molecular weight is 324 g/mol. The largest absolute Gasteiger partial charge is 0.298 e. The van der Waals surface area contributed by atoms with Gasteiger partial charge >= 0.3 is 0 Å². The summed E-state index contributed by atoms with van der Waals surface area (Å²) in [7, 11) is 0. The molecule has 0 radical (unpaired) electrons. The van der Waals surface area contributed by atoms with Crippen LogP contribution in [0.4, 0.5) is 0 Å². The molecule has 0 spiro atoms. The van der Waals surface area contributed by atoms with E-state index in [0.717, 1.165) is 17.8 Å². The van der Waals surface area contributed by atoms with Gasteiger partial charge < -0.3 is 0 Å². The standard InChI is InChI=1S/C22H45N/c1-17(2)15-20(5,6)19-11-13-23(14-12-19)22(9,10)16-21(7,8)18(3)4/h17-19H,11-16H2,1-10H3. The van der Waals surface area contributed by atoms with Gasteiger partial charge in [0.1, 0.15) is 0 Å². The summed E-state index contributed by atoms with van der Waals surface area (Å²) in [6.07, 6.45) is 5.41. The molecule has 0 aromatic heterocycles. The van der Waals surface area contributed by atoms with Crippen molar-refractivity contribution in [3.05, 3.63) is 0 Å². The minimum absolute atomic E-state index is 0.320. The lowest BCUT2D eigenvalue weighted by Crippen LogP contribution is -2.52. The second kappa shape index (κ2) is 7.46. The van der Waals surface area contributed by atoms with Crippen LogP contribution in [0, 0.1) is 28.6 Å². The second-order valence-corrected chi connectivity index (χ2v) is 11.0. The molecule has 23 heavy (non-hydrogen) atoms. The van der Waals surface area contributed by atoms with Crippen LogP contribution in [0.1, 0.15) is 94.9 Å². The molecule has 1 fully saturated rings. The molecule has 0 bridgehead atoms. The predicted octanol–water partition coefficient (Wildman–Crippen LogP) is 6.62.